The van der Waals surface area contributed by atoms with Crippen LogP contribution in [0.2, 0.25) is 5.02 Å². The van der Waals surface area contributed by atoms with E-state index < -0.39 is 10.0 Å². The molecule has 0 spiro atoms. The van der Waals surface area contributed by atoms with Gasteiger partial charge in [-0.15, -0.1) is 0 Å². The summed E-state index contributed by atoms with van der Waals surface area (Å²) in [5.74, 6) is 0.383. The van der Waals surface area contributed by atoms with E-state index >= 15 is 0 Å². The van der Waals surface area contributed by atoms with Gasteiger partial charge in [-0.3, -0.25) is 4.79 Å². The summed E-state index contributed by atoms with van der Waals surface area (Å²) in [5.41, 5.74) is 1.30. The Kier molecular flexibility index (Phi) is 6.63. The maximum atomic E-state index is 12.1. The molecule has 2 aromatic rings. The molecular formula is C18H21ClN2O4S. The lowest BCUT2D eigenvalue weighted by atomic mass is 10.2. The third-order valence-electron chi connectivity index (χ3n) is 3.68. The highest BCUT2D eigenvalue weighted by molar-refractivity contribution is 7.89. The number of aryl methyl sites for hydroxylation is 1. The van der Waals surface area contributed by atoms with Crippen LogP contribution in [0.5, 0.6) is 5.75 Å². The summed E-state index contributed by atoms with van der Waals surface area (Å²) < 4.78 is 30.7. The number of nitrogens with zero attached hydrogens (tertiary/aromatic N) is 1. The highest BCUT2D eigenvalue weighted by atomic mass is 35.5. The fourth-order valence-electron chi connectivity index (χ4n) is 2.13. The summed E-state index contributed by atoms with van der Waals surface area (Å²) in [5, 5.41) is 3.40. The number of nitrogens with one attached hydrogen (secondary N) is 1. The Labute approximate surface area is 158 Å². The number of amides is 1. The van der Waals surface area contributed by atoms with Crippen molar-refractivity contribution in [2.45, 2.75) is 11.8 Å². The van der Waals surface area contributed by atoms with Crippen molar-refractivity contribution in [3.63, 3.8) is 0 Å². The minimum atomic E-state index is -3.51. The molecule has 0 saturated carbocycles. The maximum absolute atomic E-state index is 12.1. The Morgan fingerprint density at radius 1 is 1.15 bits per heavy atom. The van der Waals surface area contributed by atoms with Gasteiger partial charge >= 0.3 is 0 Å². The summed E-state index contributed by atoms with van der Waals surface area (Å²) in [4.78, 5) is 12.2. The Bertz CT molecular complexity index is 881. The number of hydrogen-bond donors (Lipinski definition) is 1. The molecule has 0 heterocycles. The fourth-order valence-corrected chi connectivity index (χ4v) is 3.15. The van der Waals surface area contributed by atoms with Gasteiger partial charge < -0.3 is 10.1 Å². The zero-order chi connectivity index (χ0) is 19.3. The third-order valence-corrected chi connectivity index (χ3v) is 5.93. The molecule has 0 atom stereocenters. The van der Waals surface area contributed by atoms with Crippen molar-refractivity contribution in [1.29, 1.82) is 0 Å². The molecular weight excluding hydrogens is 376 g/mol. The van der Waals surface area contributed by atoms with Crippen molar-refractivity contribution in [2.24, 2.45) is 0 Å². The van der Waals surface area contributed by atoms with Crippen LogP contribution in [-0.4, -0.2) is 45.9 Å². The second-order valence-electron chi connectivity index (χ2n) is 5.83. The Hall–Kier alpha value is -2.09. The van der Waals surface area contributed by atoms with Gasteiger partial charge in [0.2, 0.25) is 10.0 Å². The number of halogens is 1. The number of benzene rings is 2. The second-order valence-corrected chi connectivity index (χ2v) is 8.39. The molecule has 140 valence electrons. The summed E-state index contributed by atoms with van der Waals surface area (Å²) in [7, 11) is -0.592. The average molecular weight is 397 g/mol. The van der Waals surface area contributed by atoms with E-state index in [9.17, 15) is 13.2 Å². The van der Waals surface area contributed by atoms with Crippen molar-refractivity contribution >= 4 is 27.5 Å². The van der Waals surface area contributed by atoms with Gasteiger partial charge in [0.1, 0.15) is 12.4 Å². The van der Waals surface area contributed by atoms with Crippen LogP contribution in [-0.2, 0) is 10.0 Å². The Balaban J connectivity index is 1.87. The molecule has 1 amide bonds. The fraction of sp³-hybridized carbons (Fsp3) is 0.278. The quantitative estimate of drug-likeness (QED) is 0.730. The van der Waals surface area contributed by atoms with Crippen molar-refractivity contribution in [3.8, 4) is 5.75 Å². The molecule has 0 aromatic heterocycles. The number of hydrogen-bond acceptors (Lipinski definition) is 4. The normalized spacial score (nSPS) is 11.4. The summed E-state index contributed by atoms with van der Waals surface area (Å²) in [6, 6.07) is 11.1. The maximum Gasteiger partial charge on any atom is 0.251 e. The van der Waals surface area contributed by atoms with E-state index in [0.717, 1.165) is 9.87 Å². The van der Waals surface area contributed by atoms with Gasteiger partial charge in [0, 0.05) is 24.7 Å². The molecule has 6 nitrogen and oxygen atoms in total. The molecule has 0 saturated heterocycles. The monoisotopic (exact) mass is 396 g/mol. The van der Waals surface area contributed by atoms with E-state index in [1.165, 1.54) is 38.4 Å². The van der Waals surface area contributed by atoms with Gasteiger partial charge in [-0.1, -0.05) is 11.6 Å². The Morgan fingerprint density at radius 2 is 1.81 bits per heavy atom. The van der Waals surface area contributed by atoms with Crippen molar-refractivity contribution in [1.82, 2.24) is 9.62 Å². The van der Waals surface area contributed by atoms with Gasteiger partial charge in [-0.05, 0) is 55.0 Å². The number of carbonyl (C=O) groups excluding carboxylic acids is 1. The first-order valence-corrected chi connectivity index (χ1v) is 9.73. The lowest BCUT2D eigenvalue weighted by Gasteiger charge is -2.12. The van der Waals surface area contributed by atoms with Crippen LogP contribution >= 0.6 is 11.6 Å². The van der Waals surface area contributed by atoms with E-state index in [1.807, 2.05) is 13.0 Å². The van der Waals surface area contributed by atoms with Crippen LogP contribution < -0.4 is 10.1 Å². The second kappa shape index (κ2) is 8.53. The van der Waals surface area contributed by atoms with Crippen molar-refractivity contribution in [3.05, 3.63) is 58.6 Å². The molecule has 0 fully saturated rings. The first-order valence-electron chi connectivity index (χ1n) is 7.91. The molecule has 1 N–H and O–H groups in total. The molecule has 8 heteroatoms. The van der Waals surface area contributed by atoms with Gasteiger partial charge in [0.05, 0.1) is 11.4 Å². The lowest BCUT2D eigenvalue weighted by molar-refractivity contribution is 0.0947. The summed E-state index contributed by atoms with van der Waals surface area (Å²) >= 11 is 5.95. The molecule has 0 aliphatic heterocycles. The van der Waals surface area contributed by atoms with Gasteiger partial charge in [-0.25, -0.2) is 12.7 Å². The minimum absolute atomic E-state index is 0.139. The van der Waals surface area contributed by atoms with Gasteiger partial charge in [0.25, 0.3) is 5.91 Å². The van der Waals surface area contributed by atoms with Gasteiger partial charge in [-0.2, -0.15) is 0 Å². The highest BCUT2D eigenvalue weighted by Crippen LogP contribution is 2.20. The van der Waals surface area contributed by atoms with Crippen molar-refractivity contribution in [2.75, 3.05) is 27.2 Å². The first-order chi connectivity index (χ1) is 12.2. The zero-order valence-corrected chi connectivity index (χ0v) is 16.4. The van der Waals surface area contributed by atoms with Crippen molar-refractivity contribution < 1.29 is 17.9 Å². The SMILES string of the molecule is Cc1cc(OCCNC(=O)c2ccc(S(=O)(=O)N(C)C)cc2)ccc1Cl. The zero-order valence-electron chi connectivity index (χ0n) is 14.8. The molecule has 26 heavy (non-hydrogen) atoms. The topological polar surface area (TPSA) is 75.7 Å². The molecule has 2 aromatic carbocycles. The molecule has 0 aliphatic carbocycles. The van der Waals surface area contributed by atoms with E-state index in [1.54, 1.807) is 12.1 Å². The molecule has 2 rings (SSSR count). The number of rotatable bonds is 7. The van der Waals surface area contributed by atoms with Crippen LogP contribution in [0, 0.1) is 6.92 Å². The predicted molar refractivity (Wildman–Crippen MR) is 101 cm³/mol. The summed E-state index contributed by atoms with van der Waals surface area (Å²) in [6.45, 7) is 2.51. The number of carbonyl (C=O) groups is 1. The van der Waals surface area contributed by atoms with Crippen LogP contribution in [0.1, 0.15) is 15.9 Å². The largest absolute Gasteiger partial charge is 0.492 e. The standard InChI is InChI=1S/C18H21ClN2O4S/c1-13-12-15(6-9-17(13)19)25-11-10-20-18(22)14-4-7-16(8-5-14)26(23,24)21(2)3/h4-9,12H,10-11H2,1-3H3,(H,20,22). The Morgan fingerprint density at radius 3 is 2.38 bits per heavy atom. The molecule has 0 unspecified atom stereocenters. The van der Waals surface area contributed by atoms with E-state index in [2.05, 4.69) is 5.32 Å². The van der Waals surface area contributed by atoms with Crippen LogP contribution in [0.3, 0.4) is 0 Å². The van der Waals surface area contributed by atoms with E-state index in [4.69, 9.17) is 16.3 Å². The molecule has 0 radical (unpaired) electrons. The van der Waals surface area contributed by atoms with Gasteiger partial charge in [0.15, 0.2) is 0 Å². The third kappa shape index (κ3) is 4.97. The predicted octanol–water partition coefficient (Wildman–Crippen LogP) is 2.71. The van der Waals surface area contributed by atoms with Crippen LogP contribution in [0.4, 0.5) is 0 Å². The van der Waals surface area contributed by atoms with E-state index in [-0.39, 0.29) is 10.8 Å². The van der Waals surface area contributed by atoms with E-state index in [0.29, 0.717) is 29.5 Å². The molecule has 0 bridgehead atoms. The minimum Gasteiger partial charge on any atom is -0.492 e. The van der Waals surface area contributed by atoms with Crippen LogP contribution in [0.25, 0.3) is 0 Å². The van der Waals surface area contributed by atoms with Crippen LogP contribution in [0.15, 0.2) is 47.4 Å². The average Bonchev–Trinajstić information content (AvgIpc) is 2.61. The number of ether oxygens (including phenoxy) is 1. The lowest BCUT2D eigenvalue weighted by Crippen LogP contribution is -2.28. The first kappa shape index (κ1) is 20.2. The highest BCUT2D eigenvalue weighted by Gasteiger charge is 2.17. The summed E-state index contributed by atoms with van der Waals surface area (Å²) in [6.07, 6.45) is 0. The number of sulfonamides is 1. The smallest absolute Gasteiger partial charge is 0.251 e. The molecule has 0 aliphatic rings.